The van der Waals surface area contributed by atoms with Gasteiger partial charge in [-0.2, -0.15) is 52.9 Å². The van der Waals surface area contributed by atoms with E-state index < -0.39 is 73.7 Å². The molecule has 186 valence electrons. The minimum absolute atomic E-state index is 0. The molecule has 0 aromatic heterocycles. The van der Waals surface area contributed by atoms with Gasteiger partial charge in [-0.25, -0.2) is 0 Å². The van der Waals surface area contributed by atoms with Crippen molar-refractivity contribution in [3.05, 3.63) is 5.92 Å². The Bertz CT molecular complexity index is 548. The summed E-state index contributed by atoms with van der Waals surface area (Å²) in [6, 6.07) is 0. The second-order valence-electron chi connectivity index (χ2n) is 7.72. The Morgan fingerprint density at radius 1 is 0.938 bits per heavy atom. The van der Waals surface area contributed by atoms with E-state index in [0.717, 1.165) is 0 Å². The fourth-order valence-electron chi connectivity index (χ4n) is 3.33. The quantitative estimate of drug-likeness (QED) is 0.264. The van der Waals surface area contributed by atoms with Crippen molar-refractivity contribution < 1.29 is 106 Å². The first-order chi connectivity index (χ1) is 13.8. The smallest absolute Gasteiger partial charge is 0.485 e. The van der Waals surface area contributed by atoms with E-state index in [1.807, 2.05) is 0 Å². The van der Waals surface area contributed by atoms with Crippen LogP contribution < -0.4 is 51.4 Å². The van der Waals surface area contributed by atoms with Crippen molar-refractivity contribution in [2.75, 3.05) is 0 Å². The molecule has 1 fully saturated rings. The maximum atomic E-state index is 13.1. The van der Waals surface area contributed by atoms with Crippen LogP contribution in [0.4, 0.5) is 39.5 Å². The maximum absolute atomic E-state index is 13.1. The van der Waals surface area contributed by atoms with E-state index in [0.29, 0.717) is 0 Å². The molecule has 0 spiro atoms. The summed E-state index contributed by atoms with van der Waals surface area (Å²) in [5, 5.41) is 9.56. The third-order valence-electron chi connectivity index (χ3n) is 4.89. The first-order valence-corrected chi connectivity index (χ1v) is 9.79. The number of carbonyl (C=O) groups excluding carboxylic acids is 1. The fourth-order valence-corrected chi connectivity index (χ4v) is 3.33. The summed E-state index contributed by atoms with van der Waals surface area (Å²) in [5.74, 6) is -5.22. The molecule has 1 rings (SSSR count). The summed E-state index contributed by atoms with van der Waals surface area (Å²) in [7, 11) is 0. The third-order valence-corrected chi connectivity index (χ3v) is 4.89. The average molecular weight is 515 g/mol. The summed E-state index contributed by atoms with van der Waals surface area (Å²) < 4.78 is 122. The summed E-state index contributed by atoms with van der Waals surface area (Å²) in [4.78, 5) is 11.8. The Hall–Kier alpha value is 0.306. The number of aliphatic hydroxyl groups is 1. The molecule has 0 radical (unpaired) electrons. The van der Waals surface area contributed by atoms with Crippen LogP contribution >= 0.6 is 0 Å². The van der Waals surface area contributed by atoms with Crippen molar-refractivity contribution in [2.24, 2.45) is 11.8 Å². The van der Waals surface area contributed by atoms with Gasteiger partial charge in [-0.3, -0.25) is 10.7 Å². The number of ether oxygens (including phenoxy) is 1. The topological polar surface area (TPSA) is 46.5 Å². The van der Waals surface area contributed by atoms with E-state index >= 15 is 0 Å². The van der Waals surface area contributed by atoms with Crippen LogP contribution in [-0.4, -0.2) is 41.3 Å². The minimum Gasteiger partial charge on any atom is -0.485 e. The summed E-state index contributed by atoms with van der Waals surface area (Å²) in [6.07, 6.45) is -21.8. The van der Waals surface area contributed by atoms with Crippen LogP contribution in [0.1, 0.15) is 66.2 Å². The molecule has 0 bridgehead atoms. The van der Waals surface area contributed by atoms with Crippen molar-refractivity contribution in [1.29, 1.82) is 0 Å². The van der Waals surface area contributed by atoms with Gasteiger partial charge < -0.3 is 9.84 Å². The molecule has 0 heterocycles. The third kappa shape index (κ3) is 9.89. The number of carbonyl (C=O) groups is 1. The van der Waals surface area contributed by atoms with Gasteiger partial charge in [-0.1, -0.05) is 27.2 Å². The molecule has 13 heteroatoms. The largest absolute Gasteiger partial charge is 1.00 e. The zero-order chi connectivity index (χ0) is 24.8. The molecule has 3 nitrogen and oxygen atoms in total. The number of hydrogen-bond acceptors (Lipinski definition) is 3. The van der Waals surface area contributed by atoms with Gasteiger partial charge in [0.2, 0.25) is 0 Å². The second-order valence-corrected chi connectivity index (χ2v) is 7.72. The second kappa shape index (κ2) is 13.4. The van der Waals surface area contributed by atoms with Gasteiger partial charge in [-0.15, -0.1) is 0 Å². The van der Waals surface area contributed by atoms with Gasteiger partial charge in [-0.05, 0) is 25.2 Å². The molecule has 0 amide bonds. The van der Waals surface area contributed by atoms with Crippen LogP contribution in [0, 0.1) is 17.8 Å². The van der Waals surface area contributed by atoms with Gasteiger partial charge >= 0.3 is 69.9 Å². The Balaban J connectivity index is 0. The average Bonchev–Trinajstić information content (AvgIpc) is 2.57. The molecule has 1 aliphatic rings. The molecular weight excluding hydrogens is 486 g/mol. The van der Waals surface area contributed by atoms with Gasteiger partial charge in [0.25, 0.3) is 5.60 Å². The molecule has 1 aliphatic carbocycles. The number of esters is 1. The first kappa shape index (κ1) is 34.5. The molecule has 32 heavy (non-hydrogen) atoms. The predicted octanol–water partition coefficient (Wildman–Crippen LogP) is 3.55. The van der Waals surface area contributed by atoms with Crippen LogP contribution in [0.3, 0.4) is 0 Å². The molecule has 3 unspecified atom stereocenters. The van der Waals surface area contributed by atoms with Crippen LogP contribution in [0.2, 0.25) is 0 Å². The zero-order valence-electron chi connectivity index (χ0n) is 18.6. The Labute approximate surface area is 224 Å². The van der Waals surface area contributed by atoms with E-state index in [-0.39, 0.29) is 63.7 Å². The molecule has 0 aromatic rings. The van der Waals surface area contributed by atoms with Crippen molar-refractivity contribution in [3.63, 3.8) is 0 Å². The Morgan fingerprint density at radius 2 is 1.38 bits per heavy atom. The van der Waals surface area contributed by atoms with Gasteiger partial charge in [0.15, 0.2) is 5.97 Å². The Morgan fingerprint density at radius 3 is 1.72 bits per heavy atom. The van der Waals surface area contributed by atoms with Crippen molar-refractivity contribution in [3.8, 4) is 0 Å². The molecule has 0 saturated heterocycles. The van der Waals surface area contributed by atoms with Gasteiger partial charge in [0.05, 0.1) is 6.10 Å². The van der Waals surface area contributed by atoms with Crippen molar-refractivity contribution in [1.82, 2.24) is 0 Å². The van der Waals surface area contributed by atoms with Crippen LogP contribution in [0.5, 0.6) is 0 Å². The zero-order valence-corrected chi connectivity index (χ0v) is 21.8. The first-order valence-electron chi connectivity index (χ1n) is 9.79. The fraction of sp³-hybridized carbons (Fsp3) is 0.895. The van der Waals surface area contributed by atoms with Crippen molar-refractivity contribution >= 4 is 5.97 Å². The van der Waals surface area contributed by atoms with Crippen molar-refractivity contribution in [2.45, 2.75) is 96.5 Å². The molecule has 1 N–H and O–H groups in total. The molecule has 0 aliphatic heterocycles. The predicted molar refractivity (Wildman–Crippen MR) is 93.6 cm³/mol. The number of alkyl halides is 9. The van der Waals surface area contributed by atoms with Gasteiger partial charge in [0.1, 0.15) is 0 Å². The summed E-state index contributed by atoms with van der Waals surface area (Å²) >= 11 is 0. The normalized spacial score (nSPS) is 22.2. The standard InChI is InChI=1S/C16H20F9O3.C3H8.K/c1-3-8(2)12(26)28-11-5-9(7-13(17,18)19)4-10(6-11)14(27,15(20,21)22)16(23,24)25;1-3-2;/h9-11,27H,3-7H2,1-2H3;3H2,1-2H3;/q-1;;+1. The van der Waals surface area contributed by atoms with Crippen LogP contribution in [0.15, 0.2) is 0 Å². The van der Waals surface area contributed by atoms with Crippen LogP contribution in [-0.2, 0) is 9.53 Å². The SMILES string of the molecule is CCC.CC[C-](C)C(=O)OC1CC(CC(F)(F)F)CC(C(O)(C(F)(F)F)C(F)(F)F)C1.[K+]. The molecule has 1 saturated carbocycles. The van der Waals surface area contributed by atoms with E-state index in [4.69, 9.17) is 4.74 Å². The summed E-state index contributed by atoms with van der Waals surface area (Å²) in [5.41, 5.74) is -5.21. The van der Waals surface area contributed by atoms with E-state index in [1.165, 1.54) is 13.3 Å². The van der Waals surface area contributed by atoms with E-state index in [9.17, 15) is 49.4 Å². The number of rotatable bonds is 5. The number of hydrogen-bond donors (Lipinski definition) is 1. The van der Waals surface area contributed by atoms with E-state index in [1.54, 1.807) is 6.92 Å². The minimum atomic E-state index is -6.17. The Kier molecular flexibility index (Phi) is 14.4. The van der Waals surface area contributed by atoms with Crippen LogP contribution in [0.25, 0.3) is 0 Å². The molecule has 3 atom stereocenters. The summed E-state index contributed by atoms with van der Waals surface area (Å²) in [6.45, 7) is 7.11. The molecule has 0 aromatic carbocycles. The number of halogens is 9. The maximum Gasteiger partial charge on any atom is 1.00 e. The monoisotopic (exact) mass is 514 g/mol. The molecular formula is C19H28F9KO3. The van der Waals surface area contributed by atoms with E-state index in [2.05, 4.69) is 13.8 Å². The van der Waals surface area contributed by atoms with Gasteiger partial charge in [0, 0.05) is 12.3 Å².